The van der Waals surface area contributed by atoms with Gasteiger partial charge in [0.2, 0.25) is 0 Å². The van der Waals surface area contributed by atoms with E-state index in [-0.39, 0.29) is 6.04 Å². The van der Waals surface area contributed by atoms with Gasteiger partial charge in [-0.2, -0.15) is 0 Å². The first kappa shape index (κ1) is 14.7. The molecule has 0 aliphatic heterocycles. The first-order valence-corrected chi connectivity index (χ1v) is 7.16. The van der Waals surface area contributed by atoms with Crippen LogP contribution in [0.15, 0.2) is 42.6 Å². The van der Waals surface area contributed by atoms with Crippen molar-refractivity contribution in [3.05, 3.63) is 65.0 Å². The summed E-state index contributed by atoms with van der Waals surface area (Å²) in [6.45, 7) is 4.24. The molecule has 1 aromatic carbocycles. The van der Waals surface area contributed by atoms with E-state index in [4.69, 9.17) is 5.84 Å². The fourth-order valence-electron chi connectivity index (χ4n) is 2.24. The van der Waals surface area contributed by atoms with Crippen molar-refractivity contribution in [3.63, 3.8) is 0 Å². The molecule has 0 amide bonds. The number of hydrogen-bond donors (Lipinski definition) is 2. The molecule has 2 rings (SSSR count). The minimum absolute atomic E-state index is 0.206. The molecule has 3 heteroatoms. The maximum Gasteiger partial charge on any atom is 0.0419 e. The van der Waals surface area contributed by atoms with Crippen molar-refractivity contribution in [2.24, 2.45) is 5.84 Å². The highest BCUT2D eigenvalue weighted by Crippen LogP contribution is 2.10. The second-order valence-corrected chi connectivity index (χ2v) is 5.27. The van der Waals surface area contributed by atoms with Gasteiger partial charge in [0.15, 0.2) is 0 Å². The lowest BCUT2D eigenvalue weighted by atomic mass is 10.0. The van der Waals surface area contributed by atoms with Crippen molar-refractivity contribution in [1.82, 2.24) is 10.4 Å². The quantitative estimate of drug-likeness (QED) is 0.626. The number of aryl methyl sites for hydroxylation is 2. The van der Waals surface area contributed by atoms with E-state index in [1.165, 1.54) is 16.7 Å². The molecule has 0 saturated carbocycles. The summed E-state index contributed by atoms with van der Waals surface area (Å²) in [6.07, 6.45) is 4.73. The Morgan fingerprint density at radius 2 is 1.75 bits per heavy atom. The Bertz CT molecular complexity index is 517. The average Bonchev–Trinajstić information content (AvgIpc) is 2.49. The second-order valence-electron chi connectivity index (χ2n) is 5.27. The normalized spacial score (nSPS) is 12.3. The molecule has 1 unspecified atom stereocenters. The average molecular weight is 269 g/mol. The SMILES string of the molecule is CCc1ccc(CC(Cc2ccc(C)cc2)NN)nc1. The summed E-state index contributed by atoms with van der Waals surface area (Å²) in [5, 5.41) is 0. The third-order valence-corrected chi connectivity index (χ3v) is 3.59. The highest BCUT2D eigenvalue weighted by molar-refractivity contribution is 5.22. The minimum Gasteiger partial charge on any atom is -0.271 e. The highest BCUT2D eigenvalue weighted by atomic mass is 15.2. The number of nitrogens with one attached hydrogen (secondary N) is 1. The molecule has 3 N–H and O–H groups in total. The van der Waals surface area contributed by atoms with E-state index in [0.717, 1.165) is 25.0 Å². The molecule has 3 nitrogen and oxygen atoms in total. The third-order valence-electron chi connectivity index (χ3n) is 3.59. The third kappa shape index (κ3) is 4.15. The molecular formula is C17H23N3. The lowest BCUT2D eigenvalue weighted by molar-refractivity contribution is 0.517. The Kier molecular flexibility index (Phi) is 5.27. The number of nitrogens with two attached hydrogens (primary N) is 1. The van der Waals surface area contributed by atoms with E-state index >= 15 is 0 Å². The summed E-state index contributed by atoms with van der Waals surface area (Å²) in [5.41, 5.74) is 7.83. The van der Waals surface area contributed by atoms with Crippen LogP contribution in [-0.4, -0.2) is 11.0 Å². The summed E-state index contributed by atoms with van der Waals surface area (Å²) >= 11 is 0. The number of benzene rings is 1. The minimum atomic E-state index is 0.206. The van der Waals surface area contributed by atoms with Gasteiger partial charge in [-0.15, -0.1) is 0 Å². The first-order chi connectivity index (χ1) is 9.71. The van der Waals surface area contributed by atoms with E-state index in [0.29, 0.717) is 0 Å². The number of nitrogens with zero attached hydrogens (tertiary/aromatic N) is 1. The van der Waals surface area contributed by atoms with Crippen LogP contribution in [0.1, 0.15) is 29.3 Å². The van der Waals surface area contributed by atoms with Crippen LogP contribution in [-0.2, 0) is 19.3 Å². The smallest absolute Gasteiger partial charge is 0.0419 e. The maximum atomic E-state index is 5.68. The zero-order valence-electron chi connectivity index (χ0n) is 12.3. The van der Waals surface area contributed by atoms with E-state index < -0.39 is 0 Å². The number of pyridine rings is 1. The van der Waals surface area contributed by atoms with Crippen LogP contribution in [0.2, 0.25) is 0 Å². The number of hydrogen-bond acceptors (Lipinski definition) is 3. The van der Waals surface area contributed by atoms with E-state index in [1.54, 1.807) is 0 Å². The maximum absolute atomic E-state index is 5.68. The van der Waals surface area contributed by atoms with E-state index in [9.17, 15) is 0 Å². The van der Waals surface area contributed by atoms with Gasteiger partial charge < -0.3 is 0 Å². The molecule has 2 aromatic rings. The van der Waals surface area contributed by atoms with Crippen LogP contribution in [0, 0.1) is 6.92 Å². The number of aromatic nitrogens is 1. The van der Waals surface area contributed by atoms with Crippen LogP contribution < -0.4 is 11.3 Å². The van der Waals surface area contributed by atoms with Crippen LogP contribution in [0.3, 0.4) is 0 Å². The first-order valence-electron chi connectivity index (χ1n) is 7.16. The molecule has 0 aliphatic rings. The zero-order chi connectivity index (χ0) is 14.4. The van der Waals surface area contributed by atoms with E-state index in [1.807, 2.05) is 6.20 Å². The summed E-state index contributed by atoms with van der Waals surface area (Å²) < 4.78 is 0. The number of rotatable bonds is 6. The van der Waals surface area contributed by atoms with Crippen molar-refractivity contribution >= 4 is 0 Å². The fraction of sp³-hybridized carbons (Fsp3) is 0.353. The molecule has 1 aromatic heterocycles. The van der Waals surface area contributed by atoms with Crippen molar-refractivity contribution in [2.45, 2.75) is 39.2 Å². The van der Waals surface area contributed by atoms with Gasteiger partial charge >= 0.3 is 0 Å². The highest BCUT2D eigenvalue weighted by Gasteiger charge is 2.09. The largest absolute Gasteiger partial charge is 0.271 e. The van der Waals surface area contributed by atoms with Crippen molar-refractivity contribution in [2.75, 3.05) is 0 Å². The van der Waals surface area contributed by atoms with Crippen LogP contribution in [0.25, 0.3) is 0 Å². The van der Waals surface area contributed by atoms with Gasteiger partial charge in [-0.1, -0.05) is 42.8 Å². The summed E-state index contributed by atoms with van der Waals surface area (Å²) in [6, 6.07) is 13.0. The lowest BCUT2D eigenvalue weighted by Gasteiger charge is -2.16. The number of hydrazine groups is 1. The standard InChI is InChI=1S/C17H23N3/c1-3-14-8-9-16(19-12-14)11-17(20-18)10-15-6-4-13(2)5-7-15/h4-9,12,17,20H,3,10-11,18H2,1-2H3. The molecule has 0 bridgehead atoms. The molecule has 0 spiro atoms. The van der Waals surface area contributed by atoms with E-state index in [2.05, 4.69) is 60.7 Å². The van der Waals surface area contributed by atoms with Crippen LogP contribution in [0.4, 0.5) is 0 Å². The van der Waals surface area contributed by atoms with Crippen molar-refractivity contribution in [1.29, 1.82) is 0 Å². The monoisotopic (exact) mass is 269 g/mol. The summed E-state index contributed by atoms with van der Waals surface area (Å²) in [5.74, 6) is 5.68. The molecule has 20 heavy (non-hydrogen) atoms. The Labute approximate surface area is 121 Å². The van der Waals surface area contributed by atoms with Gasteiger partial charge in [-0.3, -0.25) is 16.3 Å². The molecule has 0 aliphatic carbocycles. The molecule has 0 saturated heterocycles. The van der Waals surface area contributed by atoms with Crippen LogP contribution in [0.5, 0.6) is 0 Å². The predicted octanol–water partition coefficient (Wildman–Crippen LogP) is 2.57. The second kappa shape index (κ2) is 7.17. The molecule has 0 radical (unpaired) electrons. The van der Waals surface area contributed by atoms with Gasteiger partial charge in [0, 0.05) is 24.4 Å². The van der Waals surface area contributed by atoms with Crippen molar-refractivity contribution < 1.29 is 0 Å². The summed E-state index contributed by atoms with van der Waals surface area (Å²) in [4.78, 5) is 4.50. The lowest BCUT2D eigenvalue weighted by Crippen LogP contribution is -2.38. The zero-order valence-corrected chi connectivity index (χ0v) is 12.3. The topological polar surface area (TPSA) is 50.9 Å². The van der Waals surface area contributed by atoms with Gasteiger partial charge in [-0.05, 0) is 37.0 Å². The predicted molar refractivity (Wildman–Crippen MR) is 83.3 cm³/mol. The molecule has 1 atom stereocenters. The van der Waals surface area contributed by atoms with Gasteiger partial charge in [-0.25, -0.2) is 0 Å². The van der Waals surface area contributed by atoms with Crippen LogP contribution >= 0.6 is 0 Å². The van der Waals surface area contributed by atoms with Gasteiger partial charge in [0.1, 0.15) is 0 Å². The molecular weight excluding hydrogens is 246 g/mol. The van der Waals surface area contributed by atoms with Gasteiger partial charge in [0.05, 0.1) is 0 Å². The Balaban J connectivity index is 1.99. The Hall–Kier alpha value is -1.71. The fourth-order valence-corrected chi connectivity index (χ4v) is 2.24. The molecule has 1 heterocycles. The Morgan fingerprint density at radius 3 is 2.30 bits per heavy atom. The molecule has 0 fully saturated rings. The molecule has 106 valence electrons. The summed E-state index contributed by atoms with van der Waals surface area (Å²) in [7, 11) is 0. The Morgan fingerprint density at radius 1 is 1.05 bits per heavy atom. The van der Waals surface area contributed by atoms with Gasteiger partial charge in [0.25, 0.3) is 0 Å². The van der Waals surface area contributed by atoms with Crippen molar-refractivity contribution in [3.8, 4) is 0 Å².